The lowest BCUT2D eigenvalue weighted by Gasteiger charge is -2.20. The van der Waals surface area contributed by atoms with E-state index < -0.39 is 13.9 Å². The molecule has 206 valence electrons. The molecule has 0 aliphatic rings. The molecule has 0 aliphatic carbocycles. The molecule has 0 fully saturated rings. The molecule has 0 aromatic rings. The molecule has 0 aromatic heterocycles. The summed E-state index contributed by atoms with van der Waals surface area (Å²) in [6.45, 7) is 9.84. The maximum absolute atomic E-state index is 12.0. The van der Waals surface area contributed by atoms with Crippen molar-refractivity contribution in [3.8, 4) is 0 Å². The molecular formula is C26H56NO6P. The van der Waals surface area contributed by atoms with Crippen molar-refractivity contribution in [1.82, 2.24) is 4.90 Å². The standard InChI is InChI=1S/C26H56NO6P/c1-5-8-9-10-11-12-13-14-15-16-17-18-19-20-22-31-24-26(30-4)25-33-34(28,29)32-23-21-27(6-2)7-3/h26H,5-25H2,1-4H3,(H,28,29)/t26-/m0/s1. The molecule has 1 unspecified atom stereocenters. The number of rotatable bonds is 27. The molecule has 0 spiro atoms. The Morgan fingerprint density at radius 3 is 1.68 bits per heavy atom. The molecule has 0 saturated heterocycles. The second kappa shape index (κ2) is 24.7. The van der Waals surface area contributed by atoms with Gasteiger partial charge in [-0.2, -0.15) is 0 Å². The summed E-state index contributed by atoms with van der Waals surface area (Å²) >= 11 is 0. The van der Waals surface area contributed by atoms with Crippen molar-refractivity contribution in [2.24, 2.45) is 0 Å². The summed E-state index contributed by atoms with van der Waals surface area (Å²) in [7, 11) is -2.53. The van der Waals surface area contributed by atoms with Gasteiger partial charge < -0.3 is 19.3 Å². The van der Waals surface area contributed by atoms with Crippen LogP contribution >= 0.6 is 7.82 Å². The monoisotopic (exact) mass is 509 g/mol. The van der Waals surface area contributed by atoms with Crippen molar-refractivity contribution in [2.75, 3.05) is 53.2 Å². The van der Waals surface area contributed by atoms with Gasteiger partial charge in [-0.3, -0.25) is 9.05 Å². The first-order chi connectivity index (χ1) is 16.5. The Morgan fingerprint density at radius 2 is 1.21 bits per heavy atom. The first kappa shape index (κ1) is 34.0. The fraction of sp³-hybridized carbons (Fsp3) is 1.00. The Hall–Kier alpha value is -0.0100. The van der Waals surface area contributed by atoms with Crippen LogP contribution < -0.4 is 0 Å². The van der Waals surface area contributed by atoms with E-state index in [-0.39, 0.29) is 13.2 Å². The van der Waals surface area contributed by atoms with Crippen molar-refractivity contribution >= 4 is 7.82 Å². The highest BCUT2D eigenvalue weighted by molar-refractivity contribution is 7.47. The van der Waals surface area contributed by atoms with Crippen LogP contribution in [0, 0.1) is 0 Å². The van der Waals surface area contributed by atoms with E-state index in [1.807, 2.05) is 13.8 Å². The van der Waals surface area contributed by atoms with Crippen LogP contribution in [0.4, 0.5) is 0 Å². The number of phosphoric acid groups is 1. The van der Waals surface area contributed by atoms with Crippen molar-refractivity contribution in [2.45, 2.75) is 117 Å². The number of unbranched alkanes of at least 4 members (excludes halogenated alkanes) is 13. The van der Waals surface area contributed by atoms with Crippen LogP contribution in [-0.4, -0.2) is 69.1 Å². The highest BCUT2D eigenvalue weighted by atomic mass is 31.2. The quantitative estimate of drug-likeness (QED) is 0.0946. The third kappa shape index (κ3) is 22.5. The summed E-state index contributed by atoms with van der Waals surface area (Å²) in [6, 6.07) is 0. The summed E-state index contributed by atoms with van der Waals surface area (Å²) in [5, 5.41) is 0. The third-order valence-electron chi connectivity index (χ3n) is 6.26. The van der Waals surface area contributed by atoms with Gasteiger partial charge in [-0.1, -0.05) is 104 Å². The SMILES string of the molecule is CCCCCCCCCCCCCCCCOC[C@@H](COP(=O)(O)OCCN(CC)CC)OC. The molecule has 34 heavy (non-hydrogen) atoms. The largest absolute Gasteiger partial charge is 0.472 e. The first-order valence-corrected chi connectivity index (χ1v) is 15.4. The maximum atomic E-state index is 12.0. The minimum Gasteiger partial charge on any atom is -0.379 e. The zero-order valence-electron chi connectivity index (χ0n) is 22.8. The Labute approximate surface area is 210 Å². The van der Waals surface area contributed by atoms with Crippen molar-refractivity contribution < 1.29 is 28.0 Å². The number of nitrogens with zero attached hydrogens (tertiary/aromatic N) is 1. The highest BCUT2D eigenvalue weighted by Gasteiger charge is 2.23. The van der Waals surface area contributed by atoms with Gasteiger partial charge in [-0.15, -0.1) is 0 Å². The summed E-state index contributed by atoms with van der Waals surface area (Å²) in [5.74, 6) is 0. The lowest BCUT2D eigenvalue weighted by Crippen LogP contribution is -2.27. The lowest BCUT2D eigenvalue weighted by atomic mass is 10.0. The normalized spacial score (nSPS) is 14.5. The molecule has 0 saturated carbocycles. The molecule has 0 rings (SSSR count). The molecule has 0 aromatic carbocycles. The average Bonchev–Trinajstić information content (AvgIpc) is 2.83. The van der Waals surface area contributed by atoms with E-state index in [2.05, 4.69) is 11.8 Å². The van der Waals surface area contributed by atoms with E-state index >= 15 is 0 Å². The second-order valence-corrected chi connectivity index (χ2v) is 10.6. The zero-order chi connectivity index (χ0) is 25.3. The zero-order valence-corrected chi connectivity index (χ0v) is 23.7. The minimum atomic E-state index is -4.08. The third-order valence-corrected chi connectivity index (χ3v) is 7.24. The van der Waals surface area contributed by atoms with Gasteiger partial charge in [-0.25, -0.2) is 4.57 Å². The number of hydrogen-bond donors (Lipinski definition) is 1. The molecule has 7 nitrogen and oxygen atoms in total. The van der Waals surface area contributed by atoms with Gasteiger partial charge in [-0.05, 0) is 19.5 Å². The van der Waals surface area contributed by atoms with Gasteiger partial charge in [0.2, 0.25) is 0 Å². The van der Waals surface area contributed by atoms with Gasteiger partial charge in [0.1, 0.15) is 6.10 Å². The van der Waals surface area contributed by atoms with Crippen LogP contribution in [0.3, 0.4) is 0 Å². The highest BCUT2D eigenvalue weighted by Crippen LogP contribution is 2.43. The van der Waals surface area contributed by atoms with Crippen LogP contribution in [-0.2, 0) is 23.1 Å². The molecule has 0 bridgehead atoms. The fourth-order valence-electron chi connectivity index (χ4n) is 3.84. The molecule has 2 atom stereocenters. The predicted molar refractivity (Wildman–Crippen MR) is 141 cm³/mol. The van der Waals surface area contributed by atoms with Crippen LogP contribution in [0.15, 0.2) is 0 Å². The number of methoxy groups -OCH3 is 1. The Balaban J connectivity index is 3.56. The molecule has 0 heterocycles. The topological polar surface area (TPSA) is 77.5 Å². The van der Waals surface area contributed by atoms with Gasteiger partial charge in [0.05, 0.1) is 19.8 Å². The number of ether oxygens (including phenoxy) is 2. The van der Waals surface area contributed by atoms with Gasteiger partial charge in [0.25, 0.3) is 0 Å². The number of phosphoric ester groups is 1. The maximum Gasteiger partial charge on any atom is 0.472 e. The summed E-state index contributed by atoms with van der Waals surface area (Å²) < 4.78 is 33.1. The van der Waals surface area contributed by atoms with Crippen LogP contribution in [0.2, 0.25) is 0 Å². The summed E-state index contributed by atoms with van der Waals surface area (Å²) in [5.41, 5.74) is 0. The van der Waals surface area contributed by atoms with Crippen LogP contribution in [0.1, 0.15) is 111 Å². The smallest absolute Gasteiger partial charge is 0.379 e. The predicted octanol–water partition coefficient (Wildman–Crippen LogP) is 6.97. The number of likely N-dealkylation sites (N-methyl/N-ethyl adjacent to an activating group) is 1. The van der Waals surface area contributed by atoms with E-state index in [9.17, 15) is 9.46 Å². The fourth-order valence-corrected chi connectivity index (χ4v) is 4.58. The second-order valence-electron chi connectivity index (χ2n) is 9.15. The molecule has 1 N–H and O–H groups in total. The molecule has 0 aliphatic heterocycles. The van der Waals surface area contributed by atoms with E-state index in [0.717, 1.165) is 19.5 Å². The van der Waals surface area contributed by atoms with E-state index in [1.54, 1.807) is 7.11 Å². The summed E-state index contributed by atoms with van der Waals surface area (Å²) in [6.07, 6.45) is 18.3. The Bertz CT molecular complexity index is 465. The van der Waals surface area contributed by atoms with E-state index in [0.29, 0.717) is 19.8 Å². The average molecular weight is 510 g/mol. The van der Waals surface area contributed by atoms with Gasteiger partial charge in [0, 0.05) is 20.3 Å². The Kier molecular flexibility index (Phi) is 24.7. The van der Waals surface area contributed by atoms with E-state index in [4.69, 9.17) is 18.5 Å². The molecule has 8 heteroatoms. The molecule has 0 radical (unpaired) electrons. The van der Waals surface area contributed by atoms with Crippen LogP contribution in [0.5, 0.6) is 0 Å². The van der Waals surface area contributed by atoms with E-state index in [1.165, 1.54) is 83.5 Å². The van der Waals surface area contributed by atoms with Gasteiger partial charge >= 0.3 is 7.82 Å². The first-order valence-electron chi connectivity index (χ1n) is 13.9. The van der Waals surface area contributed by atoms with Crippen molar-refractivity contribution in [3.63, 3.8) is 0 Å². The number of hydrogen-bond acceptors (Lipinski definition) is 6. The Morgan fingerprint density at radius 1 is 0.706 bits per heavy atom. The van der Waals surface area contributed by atoms with Gasteiger partial charge in [0.15, 0.2) is 0 Å². The molecule has 0 amide bonds. The molecular weight excluding hydrogens is 453 g/mol. The minimum absolute atomic E-state index is 0.0334. The lowest BCUT2D eigenvalue weighted by molar-refractivity contribution is -0.0223. The van der Waals surface area contributed by atoms with Crippen molar-refractivity contribution in [3.05, 3.63) is 0 Å². The summed E-state index contributed by atoms with van der Waals surface area (Å²) in [4.78, 5) is 11.9. The van der Waals surface area contributed by atoms with Crippen molar-refractivity contribution in [1.29, 1.82) is 0 Å². The van der Waals surface area contributed by atoms with Crippen LogP contribution in [0.25, 0.3) is 0 Å².